The number of hydrogen-bond acceptors (Lipinski definition) is 4. The Bertz CT molecular complexity index is 398. The fourth-order valence-corrected chi connectivity index (χ4v) is 1.33. The molecule has 98 valence electrons. The minimum atomic E-state index is -0.00472. The molecule has 4 heteroatoms. The van der Waals surface area contributed by atoms with Gasteiger partial charge in [-0.25, -0.2) is 0 Å². The SMILES string of the molecule is C=C(C)COc1ccc(C(=O)CNCCO)cc1. The summed E-state index contributed by atoms with van der Waals surface area (Å²) < 4.78 is 5.44. The first-order chi connectivity index (χ1) is 8.63. The van der Waals surface area contributed by atoms with Gasteiger partial charge in [-0.2, -0.15) is 0 Å². The average Bonchev–Trinajstić information content (AvgIpc) is 2.37. The first-order valence-corrected chi connectivity index (χ1v) is 5.85. The molecule has 2 N–H and O–H groups in total. The van der Waals surface area contributed by atoms with Crippen LogP contribution in [0.3, 0.4) is 0 Å². The fourth-order valence-electron chi connectivity index (χ4n) is 1.33. The van der Waals surface area contributed by atoms with Crippen LogP contribution in [0.5, 0.6) is 5.75 Å². The van der Waals surface area contributed by atoms with Crippen LogP contribution < -0.4 is 10.1 Å². The van der Waals surface area contributed by atoms with E-state index in [-0.39, 0.29) is 18.9 Å². The van der Waals surface area contributed by atoms with Gasteiger partial charge in [0.2, 0.25) is 0 Å². The molecule has 18 heavy (non-hydrogen) atoms. The lowest BCUT2D eigenvalue weighted by molar-refractivity contribution is 0.0989. The molecule has 0 heterocycles. The zero-order valence-corrected chi connectivity index (χ0v) is 10.6. The average molecular weight is 249 g/mol. The summed E-state index contributed by atoms with van der Waals surface area (Å²) in [5.74, 6) is 0.716. The van der Waals surface area contributed by atoms with Crippen molar-refractivity contribution in [3.05, 3.63) is 42.0 Å². The van der Waals surface area contributed by atoms with Crippen LogP contribution in [0, 0.1) is 0 Å². The summed E-state index contributed by atoms with van der Waals surface area (Å²) in [5.41, 5.74) is 1.58. The zero-order chi connectivity index (χ0) is 13.4. The van der Waals surface area contributed by atoms with E-state index in [0.29, 0.717) is 18.7 Å². The van der Waals surface area contributed by atoms with E-state index in [0.717, 1.165) is 11.3 Å². The van der Waals surface area contributed by atoms with Crippen molar-refractivity contribution in [3.8, 4) is 5.75 Å². The third-order valence-corrected chi connectivity index (χ3v) is 2.24. The summed E-state index contributed by atoms with van der Waals surface area (Å²) in [6.45, 7) is 6.80. The quantitative estimate of drug-likeness (QED) is 0.415. The molecule has 0 saturated carbocycles. The third kappa shape index (κ3) is 5.12. The second-order valence-electron chi connectivity index (χ2n) is 4.09. The van der Waals surface area contributed by atoms with Gasteiger partial charge >= 0.3 is 0 Å². The summed E-state index contributed by atoms with van der Waals surface area (Å²) in [5, 5.41) is 11.4. The molecule has 0 aliphatic rings. The highest BCUT2D eigenvalue weighted by Crippen LogP contribution is 2.13. The molecule has 0 unspecified atom stereocenters. The fraction of sp³-hybridized carbons (Fsp3) is 0.357. The Morgan fingerprint density at radius 1 is 1.39 bits per heavy atom. The van der Waals surface area contributed by atoms with Gasteiger partial charge in [-0.1, -0.05) is 6.58 Å². The van der Waals surface area contributed by atoms with Gasteiger partial charge in [0.05, 0.1) is 13.2 Å². The molecule has 1 rings (SSSR count). The number of nitrogens with one attached hydrogen (secondary N) is 1. The molecule has 1 aromatic rings. The number of benzene rings is 1. The van der Waals surface area contributed by atoms with Gasteiger partial charge in [-0.3, -0.25) is 4.79 Å². The monoisotopic (exact) mass is 249 g/mol. The van der Waals surface area contributed by atoms with Crippen LogP contribution in [-0.2, 0) is 0 Å². The summed E-state index contributed by atoms with van der Waals surface area (Å²) in [6, 6.07) is 7.00. The molecular weight excluding hydrogens is 230 g/mol. The van der Waals surface area contributed by atoms with Crippen molar-refractivity contribution >= 4 is 5.78 Å². The summed E-state index contributed by atoms with van der Waals surface area (Å²) >= 11 is 0. The van der Waals surface area contributed by atoms with E-state index in [9.17, 15) is 4.79 Å². The number of aliphatic hydroxyl groups excluding tert-OH is 1. The van der Waals surface area contributed by atoms with E-state index in [2.05, 4.69) is 11.9 Å². The second-order valence-corrected chi connectivity index (χ2v) is 4.09. The molecule has 0 bridgehead atoms. The van der Waals surface area contributed by atoms with Crippen molar-refractivity contribution in [2.75, 3.05) is 26.3 Å². The number of hydrogen-bond donors (Lipinski definition) is 2. The summed E-state index contributed by atoms with van der Waals surface area (Å²) in [4.78, 5) is 11.7. The Labute approximate surface area is 107 Å². The molecule has 0 radical (unpaired) electrons. The molecule has 1 aromatic carbocycles. The second kappa shape index (κ2) is 7.63. The Hall–Kier alpha value is -1.65. The van der Waals surface area contributed by atoms with Gasteiger partial charge in [0, 0.05) is 12.1 Å². The van der Waals surface area contributed by atoms with E-state index < -0.39 is 0 Å². The van der Waals surface area contributed by atoms with Crippen LogP contribution in [0.2, 0.25) is 0 Å². The van der Waals surface area contributed by atoms with Gasteiger partial charge in [0.15, 0.2) is 5.78 Å². The molecule has 0 saturated heterocycles. The van der Waals surface area contributed by atoms with Crippen LogP contribution in [0.25, 0.3) is 0 Å². The lowest BCUT2D eigenvalue weighted by Gasteiger charge is -2.07. The first kappa shape index (κ1) is 14.4. The van der Waals surface area contributed by atoms with Gasteiger partial charge in [0.25, 0.3) is 0 Å². The predicted molar refractivity (Wildman–Crippen MR) is 71.0 cm³/mol. The highest BCUT2D eigenvalue weighted by Gasteiger charge is 2.05. The number of carbonyl (C=O) groups is 1. The molecule has 0 aliphatic carbocycles. The van der Waals surface area contributed by atoms with Crippen LogP contribution >= 0.6 is 0 Å². The number of Topliss-reactive ketones (excluding diaryl/α,β-unsaturated/α-hetero) is 1. The van der Waals surface area contributed by atoms with E-state index >= 15 is 0 Å². The lowest BCUT2D eigenvalue weighted by atomic mass is 10.1. The Morgan fingerprint density at radius 2 is 2.06 bits per heavy atom. The smallest absolute Gasteiger partial charge is 0.176 e. The number of ether oxygens (including phenoxy) is 1. The van der Waals surface area contributed by atoms with Crippen LogP contribution in [0.1, 0.15) is 17.3 Å². The van der Waals surface area contributed by atoms with Crippen molar-refractivity contribution in [1.82, 2.24) is 5.32 Å². The van der Waals surface area contributed by atoms with E-state index in [1.165, 1.54) is 0 Å². The molecule has 0 atom stereocenters. The summed E-state index contributed by atoms with van der Waals surface area (Å²) in [6.07, 6.45) is 0. The van der Waals surface area contributed by atoms with Crippen molar-refractivity contribution in [2.24, 2.45) is 0 Å². The molecular formula is C14H19NO3. The lowest BCUT2D eigenvalue weighted by Crippen LogP contribution is -2.25. The van der Waals surface area contributed by atoms with Crippen LogP contribution in [0.4, 0.5) is 0 Å². The summed E-state index contributed by atoms with van der Waals surface area (Å²) in [7, 11) is 0. The largest absolute Gasteiger partial charge is 0.489 e. The number of ketones is 1. The highest BCUT2D eigenvalue weighted by atomic mass is 16.5. The number of aliphatic hydroxyl groups is 1. The standard InChI is InChI=1S/C14H19NO3/c1-11(2)10-18-13-5-3-12(4-6-13)14(17)9-15-7-8-16/h3-6,15-16H,1,7-10H2,2H3. The predicted octanol–water partition coefficient (Wildman–Crippen LogP) is 1.41. The van der Waals surface area contributed by atoms with Crippen LogP contribution in [-0.4, -0.2) is 37.2 Å². The minimum absolute atomic E-state index is 0.00472. The Morgan fingerprint density at radius 3 is 2.61 bits per heavy atom. The van der Waals surface area contributed by atoms with E-state index in [1.54, 1.807) is 24.3 Å². The van der Waals surface area contributed by atoms with Crippen LogP contribution in [0.15, 0.2) is 36.4 Å². The minimum Gasteiger partial charge on any atom is -0.489 e. The maximum atomic E-state index is 11.7. The van der Waals surface area contributed by atoms with Gasteiger partial charge in [-0.15, -0.1) is 0 Å². The number of carbonyl (C=O) groups excluding carboxylic acids is 1. The zero-order valence-electron chi connectivity index (χ0n) is 10.6. The molecule has 0 aromatic heterocycles. The number of rotatable bonds is 8. The molecule has 0 spiro atoms. The van der Waals surface area contributed by atoms with E-state index in [1.807, 2.05) is 6.92 Å². The molecule has 0 aliphatic heterocycles. The Balaban J connectivity index is 2.48. The van der Waals surface area contributed by atoms with Crippen molar-refractivity contribution in [2.45, 2.75) is 6.92 Å². The normalized spacial score (nSPS) is 10.1. The van der Waals surface area contributed by atoms with Gasteiger partial charge in [-0.05, 0) is 36.8 Å². The van der Waals surface area contributed by atoms with Crippen molar-refractivity contribution < 1.29 is 14.6 Å². The Kier molecular flexibility index (Phi) is 6.11. The van der Waals surface area contributed by atoms with E-state index in [4.69, 9.17) is 9.84 Å². The third-order valence-electron chi connectivity index (χ3n) is 2.24. The van der Waals surface area contributed by atoms with Gasteiger partial charge < -0.3 is 15.2 Å². The van der Waals surface area contributed by atoms with Crippen molar-refractivity contribution in [3.63, 3.8) is 0 Å². The first-order valence-electron chi connectivity index (χ1n) is 5.85. The molecule has 0 fully saturated rings. The topological polar surface area (TPSA) is 58.6 Å². The molecule has 4 nitrogen and oxygen atoms in total. The maximum absolute atomic E-state index is 11.7. The van der Waals surface area contributed by atoms with Crippen molar-refractivity contribution in [1.29, 1.82) is 0 Å². The molecule has 0 amide bonds. The maximum Gasteiger partial charge on any atom is 0.176 e. The highest BCUT2D eigenvalue weighted by molar-refractivity contribution is 5.97. The van der Waals surface area contributed by atoms with Gasteiger partial charge in [0.1, 0.15) is 12.4 Å².